The van der Waals surface area contributed by atoms with Gasteiger partial charge >= 0.3 is 5.97 Å². The van der Waals surface area contributed by atoms with Crippen molar-refractivity contribution in [2.75, 3.05) is 13.2 Å². The number of allylic oxidation sites excluding steroid dienone is 1. The molecule has 2 atom stereocenters. The molecule has 0 aromatic carbocycles. The maximum atomic E-state index is 12.5. The van der Waals surface area contributed by atoms with Gasteiger partial charge in [-0.15, -0.1) is 0 Å². The van der Waals surface area contributed by atoms with E-state index < -0.39 is 12.1 Å². The average molecular weight is 975 g/mol. The van der Waals surface area contributed by atoms with Crippen molar-refractivity contribution in [1.29, 1.82) is 0 Å². The Morgan fingerprint density at radius 3 is 0.986 bits per heavy atom. The fraction of sp³-hybridized carbons (Fsp3) is 0.937. The van der Waals surface area contributed by atoms with E-state index in [0.29, 0.717) is 19.4 Å². The lowest BCUT2D eigenvalue weighted by molar-refractivity contribution is -0.143. The number of amides is 1. The normalized spacial score (nSPS) is 12.6. The minimum atomic E-state index is -0.852. The van der Waals surface area contributed by atoms with Crippen LogP contribution in [0.15, 0.2) is 12.2 Å². The maximum Gasteiger partial charge on any atom is 0.305 e. The summed E-state index contributed by atoms with van der Waals surface area (Å²) in [6, 6.07) is -0.636. The maximum absolute atomic E-state index is 12.5. The van der Waals surface area contributed by atoms with E-state index in [-0.39, 0.29) is 18.5 Å². The SMILES string of the molecule is CCCCCCCCCCCCCCCCCCCCCCC/C=C/C(O)C(CO)NC(=O)CCCCCCCCCCCCCCCCOC(=O)CCCCCCCCCCCCCCCCC. The van der Waals surface area contributed by atoms with Crippen LogP contribution in [0.25, 0.3) is 0 Å². The standard InChI is InChI=1S/C63H123NO5/c1-3-5-7-9-11-13-15-17-19-20-21-22-23-24-25-26-28-31-35-39-43-47-51-55-61(66)60(59-65)64-62(67)56-52-48-44-40-36-32-29-30-34-38-42-46-50-54-58-69-63(68)57-53-49-45-41-37-33-27-18-16-14-12-10-8-6-4-2/h51,55,60-61,65-66H,3-50,52-54,56-59H2,1-2H3,(H,64,67)/b55-51+. The van der Waals surface area contributed by atoms with Gasteiger partial charge in [-0.3, -0.25) is 9.59 Å². The van der Waals surface area contributed by atoms with E-state index in [1.807, 2.05) is 6.08 Å². The summed E-state index contributed by atoms with van der Waals surface area (Å²) in [4.78, 5) is 24.6. The minimum absolute atomic E-state index is 0.000602. The quantitative estimate of drug-likeness (QED) is 0.0321. The van der Waals surface area contributed by atoms with Crippen LogP contribution in [0, 0.1) is 0 Å². The highest BCUT2D eigenvalue weighted by molar-refractivity contribution is 5.76. The highest BCUT2D eigenvalue weighted by Crippen LogP contribution is 2.18. The fourth-order valence-corrected chi connectivity index (χ4v) is 9.99. The number of rotatable bonds is 59. The van der Waals surface area contributed by atoms with E-state index in [1.54, 1.807) is 6.08 Å². The number of carbonyl (C=O) groups is 2. The second-order valence-corrected chi connectivity index (χ2v) is 21.8. The van der Waals surface area contributed by atoms with Gasteiger partial charge in [-0.1, -0.05) is 321 Å². The first-order valence-electron chi connectivity index (χ1n) is 31.5. The van der Waals surface area contributed by atoms with Gasteiger partial charge in [0.25, 0.3) is 0 Å². The van der Waals surface area contributed by atoms with Crippen LogP contribution in [0.2, 0.25) is 0 Å². The lowest BCUT2D eigenvalue weighted by Crippen LogP contribution is -2.45. The van der Waals surface area contributed by atoms with Crippen LogP contribution in [0.3, 0.4) is 0 Å². The highest BCUT2D eigenvalue weighted by atomic mass is 16.5. The number of aliphatic hydroxyl groups is 2. The summed E-state index contributed by atoms with van der Waals surface area (Å²) in [5.41, 5.74) is 0. The van der Waals surface area contributed by atoms with Gasteiger partial charge in [0.2, 0.25) is 5.91 Å². The number of unbranched alkanes of at least 4 members (excludes halogenated alkanes) is 48. The van der Waals surface area contributed by atoms with E-state index in [1.165, 1.54) is 270 Å². The number of aliphatic hydroxyl groups excluding tert-OH is 2. The number of carbonyl (C=O) groups excluding carboxylic acids is 2. The van der Waals surface area contributed by atoms with E-state index in [0.717, 1.165) is 57.8 Å². The third-order valence-corrected chi connectivity index (χ3v) is 14.8. The van der Waals surface area contributed by atoms with E-state index in [4.69, 9.17) is 4.74 Å². The van der Waals surface area contributed by atoms with E-state index in [9.17, 15) is 19.8 Å². The molecule has 0 spiro atoms. The first kappa shape index (κ1) is 67.6. The average Bonchev–Trinajstić information content (AvgIpc) is 3.35. The predicted molar refractivity (Wildman–Crippen MR) is 301 cm³/mol. The lowest BCUT2D eigenvalue weighted by atomic mass is 10.0. The third kappa shape index (κ3) is 55.8. The molecular formula is C63H123NO5. The summed E-state index contributed by atoms with van der Waals surface area (Å²) >= 11 is 0. The van der Waals surface area contributed by atoms with Crippen molar-refractivity contribution >= 4 is 11.9 Å². The molecule has 69 heavy (non-hydrogen) atoms. The third-order valence-electron chi connectivity index (χ3n) is 14.8. The number of hydrogen-bond donors (Lipinski definition) is 3. The molecule has 0 aliphatic heterocycles. The van der Waals surface area contributed by atoms with Crippen molar-refractivity contribution in [3.63, 3.8) is 0 Å². The van der Waals surface area contributed by atoms with Gasteiger partial charge in [0.1, 0.15) is 0 Å². The first-order valence-corrected chi connectivity index (χ1v) is 31.5. The molecule has 0 aromatic rings. The predicted octanol–water partition coefficient (Wildman–Crippen LogP) is 19.6. The van der Waals surface area contributed by atoms with Crippen LogP contribution in [0.4, 0.5) is 0 Å². The summed E-state index contributed by atoms with van der Waals surface area (Å²) in [7, 11) is 0. The number of hydrogen-bond acceptors (Lipinski definition) is 5. The number of esters is 1. The topological polar surface area (TPSA) is 95.9 Å². The Hall–Kier alpha value is -1.40. The number of ether oxygens (including phenoxy) is 1. The van der Waals surface area contributed by atoms with Crippen molar-refractivity contribution in [3.05, 3.63) is 12.2 Å². The van der Waals surface area contributed by atoms with Gasteiger partial charge in [-0.25, -0.2) is 0 Å². The van der Waals surface area contributed by atoms with Crippen molar-refractivity contribution in [1.82, 2.24) is 5.32 Å². The molecule has 0 aliphatic carbocycles. The highest BCUT2D eigenvalue weighted by Gasteiger charge is 2.18. The van der Waals surface area contributed by atoms with E-state index in [2.05, 4.69) is 19.2 Å². The van der Waals surface area contributed by atoms with Crippen LogP contribution in [0.5, 0.6) is 0 Å². The van der Waals surface area contributed by atoms with Crippen LogP contribution in [0.1, 0.15) is 354 Å². The summed E-state index contributed by atoms with van der Waals surface area (Å²) in [6.45, 7) is 4.92. The molecule has 0 saturated carbocycles. The molecule has 0 aliphatic rings. The second-order valence-electron chi connectivity index (χ2n) is 21.8. The second kappa shape index (κ2) is 59.2. The van der Waals surface area contributed by atoms with E-state index >= 15 is 0 Å². The molecule has 0 heterocycles. The van der Waals surface area contributed by atoms with Crippen LogP contribution >= 0.6 is 0 Å². The summed E-state index contributed by atoms with van der Waals surface area (Å²) < 4.78 is 5.48. The van der Waals surface area contributed by atoms with Gasteiger partial charge in [0.15, 0.2) is 0 Å². The Balaban J connectivity index is 3.45. The van der Waals surface area contributed by atoms with Crippen molar-refractivity contribution in [2.24, 2.45) is 0 Å². The molecule has 2 unspecified atom stereocenters. The van der Waals surface area contributed by atoms with Gasteiger partial charge in [-0.05, 0) is 32.1 Å². The van der Waals surface area contributed by atoms with Gasteiger partial charge < -0.3 is 20.3 Å². The first-order chi connectivity index (χ1) is 34.0. The molecule has 0 radical (unpaired) electrons. The molecule has 6 heteroatoms. The largest absolute Gasteiger partial charge is 0.466 e. The summed E-state index contributed by atoms with van der Waals surface area (Å²) in [5, 5.41) is 23.2. The Labute approximate surface area is 431 Å². The summed E-state index contributed by atoms with van der Waals surface area (Å²) in [5.74, 6) is -0.0735. The Bertz CT molecular complexity index is 1030. The van der Waals surface area contributed by atoms with Crippen LogP contribution in [-0.4, -0.2) is 47.4 Å². The lowest BCUT2D eigenvalue weighted by Gasteiger charge is -2.20. The minimum Gasteiger partial charge on any atom is -0.466 e. The van der Waals surface area contributed by atoms with Crippen molar-refractivity contribution in [3.8, 4) is 0 Å². The number of nitrogens with one attached hydrogen (secondary N) is 1. The molecule has 0 bridgehead atoms. The van der Waals surface area contributed by atoms with Gasteiger partial charge in [0, 0.05) is 12.8 Å². The van der Waals surface area contributed by atoms with Gasteiger partial charge in [-0.2, -0.15) is 0 Å². The van der Waals surface area contributed by atoms with Crippen LogP contribution in [-0.2, 0) is 14.3 Å². The molecule has 0 saturated heterocycles. The van der Waals surface area contributed by atoms with Crippen LogP contribution < -0.4 is 5.32 Å². The fourth-order valence-electron chi connectivity index (χ4n) is 9.99. The Morgan fingerprint density at radius 1 is 0.391 bits per heavy atom. The zero-order valence-electron chi connectivity index (χ0n) is 46.8. The molecule has 0 fully saturated rings. The molecule has 410 valence electrons. The monoisotopic (exact) mass is 974 g/mol. The zero-order valence-corrected chi connectivity index (χ0v) is 46.8. The molecule has 0 rings (SSSR count). The Kier molecular flexibility index (Phi) is 58.0. The zero-order chi connectivity index (χ0) is 50.0. The molecule has 3 N–H and O–H groups in total. The molecular weight excluding hydrogens is 851 g/mol. The Morgan fingerprint density at radius 2 is 0.667 bits per heavy atom. The van der Waals surface area contributed by atoms with Gasteiger partial charge in [0.05, 0.1) is 25.4 Å². The molecule has 1 amide bonds. The van der Waals surface area contributed by atoms with Crippen molar-refractivity contribution in [2.45, 2.75) is 366 Å². The molecule has 0 aromatic heterocycles. The summed E-state index contributed by atoms with van der Waals surface area (Å²) in [6.07, 6.45) is 71.0. The van der Waals surface area contributed by atoms with Crippen molar-refractivity contribution < 1.29 is 24.5 Å². The molecule has 6 nitrogen and oxygen atoms in total. The smallest absolute Gasteiger partial charge is 0.305 e.